The van der Waals surface area contributed by atoms with Gasteiger partial charge in [-0.25, -0.2) is 0 Å². The Balaban J connectivity index is 1.45. The van der Waals surface area contributed by atoms with Crippen molar-refractivity contribution in [1.82, 2.24) is 10.2 Å². The molecule has 4 nitrogen and oxygen atoms in total. The Bertz CT molecular complexity index is 573. The number of hydrogen-bond acceptors (Lipinski definition) is 2. The van der Waals surface area contributed by atoms with Gasteiger partial charge in [0.05, 0.1) is 0 Å². The van der Waals surface area contributed by atoms with Gasteiger partial charge in [0.2, 0.25) is 11.8 Å². The number of rotatable bonds is 6. The van der Waals surface area contributed by atoms with Gasteiger partial charge in [-0.15, -0.1) is 0 Å². The molecule has 2 aliphatic rings. The summed E-state index contributed by atoms with van der Waals surface area (Å²) in [5, 5.41) is 3.00. The van der Waals surface area contributed by atoms with Crippen molar-refractivity contribution < 1.29 is 9.59 Å². The first-order chi connectivity index (χ1) is 11.6. The Morgan fingerprint density at radius 1 is 1.17 bits per heavy atom. The largest absolute Gasteiger partial charge is 0.355 e. The number of nitrogens with one attached hydrogen (secondary N) is 1. The van der Waals surface area contributed by atoms with Crippen molar-refractivity contribution in [2.75, 3.05) is 19.6 Å². The highest BCUT2D eigenvalue weighted by Crippen LogP contribution is 2.48. The Labute approximate surface area is 144 Å². The topological polar surface area (TPSA) is 49.4 Å². The molecule has 1 heterocycles. The summed E-state index contributed by atoms with van der Waals surface area (Å²) in [6.45, 7) is 4.49. The lowest BCUT2D eigenvalue weighted by Crippen LogP contribution is -2.48. The molecule has 1 saturated heterocycles. The minimum atomic E-state index is -0.743. The van der Waals surface area contributed by atoms with E-state index in [9.17, 15) is 9.59 Å². The fraction of sp³-hybridized carbons (Fsp3) is 0.600. The van der Waals surface area contributed by atoms with Crippen LogP contribution in [0.25, 0.3) is 0 Å². The maximum atomic E-state index is 12.7. The molecule has 0 atom stereocenters. The van der Waals surface area contributed by atoms with Crippen molar-refractivity contribution in [3.8, 4) is 0 Å². The van der Waals surface area contributed by atoms with E-state index in [1.54, 1.807) is 0 Å². The van der Waals surface area contributed by atoms with E-state index in [1.165, 1.54) is 5.56 Å². The van der Waals surface area contributed by atoms with E-state index < -0.39 is 5.41 Å². The molecule has 1 saturated carbocycles. The molecule has 3 rings (SSSR count). The number of carbonyl (C=O) groups excluding carboxylic acids is 2. The predicted octanol–water partition coefficient (Wildman–Crippen LogP) is 2.77. The van der Waals surface area contributed by atoms with E-state index in [2.05, 4.69) is 24.4 Å². The molecule has 2 fully saturated rings. The van der Waals surface area contributed by atoms with E-state index in [0.29, 0.717) is 25.3 Å². The smallest absolute Gasteiger partial charge is 0.238 e. The van der Waals surface area contributed by atoms with E-state index >= 15 is 0 Å². The number of aryl methyl sites for hydroxylation is 1. The van der Waals surface area contributed by atoms with E-state index in [0.717, 1.165) is 38.8 Å². The van der Waals surface area contributed by atoms with Crippen molar-refractivity contribution in [3.63, 3.8) is 0 Å². The summed E-state index contributed by atoms with van der Waals surface area (Å²) in [7, 11) is 0. The first-order valence-corrected chi connectivity index (χ1v) is 9.23. The zero-order valence-corrected chi connectivity index (χ0v) is 14.6. The standard InChI is InChI=1S/C20H28N2O2/c1-16-9-14-22(15-10-16)19(24)20(11-12-20)18(23)21-13-5-8-17-6-3-2-4-7-17/h2-4,6-7,16H,5,8-15H2,1H3,(H,21,23). The number of carbonyl (C=O) groups is 2. The van der Waals surface area contributed by atoms with Gasteiger partial charge >= 0.3 is 0 Å². The summed E-state index contributed by atoms with van der Waals surface area (Å²) < 4.78 is 0. The molecule has 130 valence electrons. The SMILES string of the molecule is CC1CCN(C(=O)C2(C(=O)NCCCc3ccccc3)CC2)CC1. The Kier molecular flexibility index (Phi) is 5.22. The van der Waals surface area contributed by atoms with Gasteiger partial charge in [-0.2, -0.15) is 0 Å². The van der Waals surface area contributed by atoms with Crippen LogP contribution < -0.4 is 5.32 Å². The number of benzene rings is 1. The molecule has 1 aromatic carbocycles. The summed E-state index contributed by atoms with van der Waals surface area (Å²) >= 11 is 0. The van der Waals surface area contributed by atoms with Crippen molar-refractivity contribution in [2.45, 2.75) is 45.4 Å². The normalized spacial score (nSPS) is 19.8. The first-order valence-electron chi connectivity index (χ1n) is 9.23. The fourth-order valence-electron chi connectivity index (χ4n) is 3.49. The third kappa shape index (κ3) is 3.80. The summed E-state index contributed by atoms with van der Waals surface area (Å²) in [6.07, 6.45) is 5.39. The van der Waals surface area contributed by atoms with Crippen LogP contribution in [0.15, 0.2) is 30.3 Å². The number of piperidine rings is 1. The minimum Gasteiger partial charge on any atom is -0.355 e. The van der Waals surface area contributed by atoms with Crippen molar-refractivity contribution in [3.05, 3.63) is 35.9 Å². The maximum absolute atomic E-state index is 12.7. The first kappa shape index (κ1) is 17.0. The second kappa shape index (κ2) is 7.37. The van der Waals surface area contributed by atoms with Crippen LogP contribution in [0.3, 0.4) is 0 Å². The highest BCUT2D eigenvalue weighted by Gasteiger charge is 2.57. The van der Waals surface area contributed by atoms with E-state index in [-0.39, 0.29) is 11.8 Å². The molecule has 4 heteroatoms. The van der Waals surface area contributed by atoms with E-state index in [1.807, 2.05) is 23.1 Å². The van der Waals surface area contributed by atoms with Crippen LogP contribution in [0.1, 0.15) is 44.6 Å². The number of amides is 2. The molecule has 0 unspecified atom stereocenters. The molecule has 24 heavy (non-hydrogen) atoms. The molecule has 1 aliphatic carbocycles. The summed E-state index contributed by atoms with van der Waals surface area (Å²) in [4.78, 5) is 27.2. The van der Waals surface area contributed by atoms with Gasteiger partial charge in [0.25, 0.3) is 0 Å². The minimum absolute atomic E-state index is 0.0563. The van der Waals surface area contributed by atoms with Crippen LogP contribution in [-0.4, -0.2) is 36.3 Å². The van der Waals surface area contributed by atoms with Crippen LogP contribution in [0.5, 0.6) is 0 Å². The summed E-state index contributed by atoms with van der Waals surface area (Å²) in [6, 6.07) is 10.3. The number of nitrogens with zero attached hydrogens (tertiary/aromatic N) is 1. The van der Waals surface area contributed by atoms with Crippen LogP contribution >= 0.6 is 0 Å². The average Bonchev–Trinajstić information content (AvgIpc) is 3.41. The molecular formula is C20H28N2O2. The average molecular weight is 328 g/mol. The second-order valence-electron chi connectivity index (χ2n) is 7.40. The van der Waals surface area contributed by atoms with Gasteiger partial charge in [0, 0.05) is 19.6 Å². The summed E-state index contributed by atoms with van der Waals surface area (Å²) in [5.74, 6) is 0.699. The van der Waals surface area contributed by atoms with Crippen LogP contribution in [0, 0.1) is 11.3 Å². The predicted molar refractivity (Wildman–Crippen MR) is 94.4 cm³/mol. The number of likely N-dealkylation sites (tertiary alicyclic amines) is 1. The zero-order valence-electron chi connectivity index (χ0n) is 14.6. The van der Waals surface area contributed by atoms with Crippen molar-refractivity contribution in [2.24, 2.45) is 11.3 Å². The van der Waals surface area contributed by atoms with Gasteiger partial charge in [-0.3, -0.25) is 9.59 Å². The third-order valence-electron chi connectivity index (χ3n) is 5.44. The zero-order chi connectivity index (χ0) is 17.0. The molecule has 1 N–H and O–H groups in total. The van der Waals surface area contributed by atoms with Crippen molar-refractivity contribution in [1.29, 1.82) is 0 Å². The monoisotopic (exact) mass is 328 g/mol. The number of hydrogen-bond donors (Lipinski definition) is 1. The van der Waals surface area contributed by atoms with Gasteiger partial charge in [0.1, 0.15) is 5.41 Å². The molecule has 2 amide bonds. The Hall–Kier alpha value is -1.84. The van der Waals surface area contributed by atoms with Gasteiger partial charge in [-0.05, 0) is 50.0 Å². The maximum Gasteiger partial charge on any atom is 0.238 e. The van der Waals surface area contributed by atoms with Gasteiger partial charge < -0.3 is 10.2 Å². The highest BCUT2D eigenvalue weighted by molar-refractivity contribution is 6.07. The summed E-state index contributed by atoms with van der Waals surface area (Å²) in [5.41, 5.74) is 0.541. The lowest BCUT2D eigenvalue weighted by Gasteiger charge is -2.32. The Morgan fingerprint density at radius 2 is 1.83 bits per heavy atom. The highest BCUT2D eigenvalue weighted by atomic mass is 16.2. The molecular weight excluding hydrogens is 300 g/mol. The molecule has 1 aromatic rings. The van der Waals surface area contributed by atoms with Gasteiger partial charge in [0.15, 0.2) is 0 Å². The lowest BCUT2D eigenvalue weighted by molar-refractivity contribution is -0.145. The molecule has 0 bridgehead atoms. The second-order valence-corrected chi connectivity index (χ2v) is 7.40. The third-order valence-corrected chi connectivity index (χ3v) is 5.44. The van der Waals surface area contributed by atoms with E-state index in [4.69, 9.17) is 0 Å². The molecule has 1 aliphatic heterocycles. The van der Waals surface area contributed by atoms with Crippen LogP contribution in [0.2, 0.25) is 0 Å². The van der Waals surface area contributed by atoms with Gasteiger partial charge in [-0.1, -0.05) is 37.3 Å². The molecule has 0 aromatic heterocycles. The lowest BCUT2D eigenvalue weighted by atomic mass is 9.96. The quantitative estimate of drug-likeness (QED) is 0.645. The Morgan fingerprint density at radius 3 is 2.46 bits per heavy atom. The van der Waals surface area contributed by atoms with Crippen LogP contribution in [0.4, 0.5) is 0 Å². The van der Waals surface area contributed by atoms with Crippen LogP contribution in [-0.2, 0) is 16.0 Å². The fourth-order valence-corrected chi connectivity index (χ4v) is 3.49. The molecule has 0 radical (unpaired) electrons. The molecule has 0 spiro atoms. The van der Waals surface area contributed by atoms with Crippen molar-refractivity contribution >= 4 is 11.8 Å².